The number of aromatic nitrogens is 3. The smallest absolute Gasteiger partial charge is 0.142 e. The molecule has 3 aromatic rings. The summed E-state index contributed by atoms with van der Waals surface area (Å²) in [5.41, 5.74) is 11.7. The van der Waals surface area contributed by atoms with Crippen molar-refractivity contribution in [1.29, 1.82) is 5.26 Å². The van der Waals surface area contributed by atoms with Gasteiger partial charge >= 0.3 is 0 Å². The van der Waals surface area contributed by atoms with Gasteiger partial charge in [-0.15, -0.1) is 0 Å². The molecule has 1 aliphatic heterocycles. The number of hydrogen-bond donors (Lipinski definition) is 2. The number of nitrogens with zero attached hydrogens (tertiary/aromatic N) is 4. The first-order valence-corrected chi connectivity index (χ1v) is 9.38. The van der Waals surface area contributed by atoms with Gasteiger partial charge in [0.2, 0.25) is 0 Å². The van der Waals surface area contributed by atoms with Crippen LogP contribution in [0.15, 0.2) is 36.4 Å². The number of hydrogen-bond acceptors (Lipinski definition) is 6. The molecule has 1 saturated heterocycles. The minimum absolute atomic E-state index is 0.216. The number of nitrogen functional groups attached to an aromatic ring is 1. The number of nitriles is 1. The molecule has 0 saturated carbocycles. The van der Waals surface area contributed by atoms with Gasteiger partial charge in [0.25, 0.3) is 0 Å². The molecule has 4 rings (SSSR count). The van der Waals surface area contributed by atoms with Crippen LogP contribution in [0.3, 0.4) is 0 Å². The van der Waals surface area contributed by atoms with Crippen molar-refractivity contribution in [3.8, 4) is 28.6 Å². The van der Waals surface area contributed by atoms with Crippen LogP contribution in [-0.4, -0.2) is 41.5 Å². The Balaban J connectivity index is 1.70. The number of aryl methyl sites for hydroxylation is 1. The Morgan fingerprint density at radius 3 is 2.57 bits per heavy atom. The van der Waals surface area contributed by atoms with Gasteiger partial charge in [-0.2, -0.15) is 10.4 Å². The van der Waals surface area contributed by atoms with E-state index in [1.54, 1.807) is 0 Å². The van der Waals surface area contributed by atoms with E-state index in [2.05, 4.69) is 38.3 Å². The summed E-state index contributed by atoms with van der Waals surface area (Å²) in [5.74, 6) is 0.216. The molecular formula is C21H22N6O. The molecule has 3 N–H and O–H groups in total. The molecule has 28 heavy (non-hydrogen) atoms. The summed E-state index contributed by atoms with van der Waals surface area (Å²) >= 11 is 0. The number of morpholine rings is 1. The van der Waals surface area contributed by atoms with Crippen LogP contribution in [0.4, 0.5) is 11.5 Å². The van der Waals surface area contributed by atoms with Crippen molar-refractivity contribution in [2.24, 2.45) is 0 Å². The zero-order valence-corrected chi connectivity index (χ0v) is 15.8. The van der Waals surface area contributed by atoms with Crippen LogP contribution in [0.2, 0.25) is 0 Å². The fourth-order valence-corrected chi connectivity index (χ4v) is 3.38. The highest BCUT2D eigenvalue weighted by Gasteiger charge is 2.16. The van der Waals surface area contributed by atoms with Crippen LogP contribution in [-0.2, 0) is 11.2 Å². The monoisotopic (exact) mass is 374 g/mol. The zero-order valence-electron chi connectivity index (χ0n) is 15.8. The van der Waals surface area contributed by atoms with E-state index in [0.717, 1.165) is 55.4 Å². The minimum Gasteiger partial charge on any atom is -0.383 e. The van der Waals surface area contributed by atoms with Gasteiger partial charge in [-0.05, 0) is 30.7 Å². The third-order valence-corrected chi connectivity index (χ3v) is 4.99. The number of aromatic amines is 1. The molecule has 7 nitrogen and oxygen atoms in total. The largest absolute Gasteiger partial charge is 0.383 e. The summed E-state index contributed by atoms with van der Waals surface area (Å²) in [6.45, 7) is 5.34. The molecule has 7 heteroatoms. The number of pyridine rings is 1. The van der Waals surface area contributed by atoms with Crippen LogP contribution in [0.5, 0.6) is 0 Å². The van der Waals surface area contributed by atoms with E-state index in [0.29, 0.717) is 16.8 Å². The van der Waals surface area contributed by atoms with E-state index in [-0.39, 0.29) is 5.82 Å². The van der Waals surface area contributed by atoms with E-state index < -0.39 is 0 Å². The van der Waals surface area contributed by atoms with E-state index in [9.17, 15) is 5.26 Å². The molecule has 0 aliphatic carbocycles. The molecule has 0 radical (unpaired) electrons. The van der Waals surface area contributed by atoms with Gasteiger partial charge < -0.3 is 15.4 Å². The zero-order chi connectivity index (χ0) is 19.5. The summed E-state index contributed by atoms with van der Waals surface area (Å²) in [6, 6.07) is 14.2. The third-order valence-electron chi connectivity index (χ3n) is 4.99. The Kier molecular flexibility index (Phi) is 4.96. The van der Waals surface area contributed by atoms with E-state index in [1.165, 1.54) is 0 Å². The Morgan fingerprint density at radius 2 is 1.93 bits per heavy atom. The molecule has 1 aromatic carbocycles. The van der Waals surface area contributed by atoms with E-state index >= 15 is 0 Å². The van der Waals surface area contributed by atoms with Crippen molar-refractivity contribution in [3.63, 3.8) is 0 Å². The molecule has 0 atom stereocenters. The maximum Gasteiger partial charge on any atom is 0.142 e. The molecule has 142 valence electrons. The standard InChI is InChI=1S/C21H22N6O/c1-2-15-11-20(26-25-15)17-12-19(24-21(23)18(17)13-22)14-3-5-16(6-4-14)27-7-9-28-10-8-27/h3-6,11-12H,2,7-10H2,1H3,(H2,23,24)(H,25,26). The van der Waals surface area contributed by atoms with E-state index in [4.69, 9.17) is 10.5 Å². The van der Waals surface area contributed by atoms with Crippen molar-refractivity contribution in [3.05, 3.63) is 47.7 Å². The Bertz CT molecular complexity index is 1010. The molecule has 0 amide bonds. The third kappa shape index (κ3) is 3.42. The second-order valence-electron chi connectivity index (χ2n) is 6.71. The quantitative estimate of drug-likeness (QED) is 0.727. The van der Waals surface area contributed by atoms with Crippen LogP contribution in [0.1, 0.15) is 18.2 Å². The molecule has 0 bridgehead atoms. The highest BCUT2D eigenvalue weighted by Crippen LogP contribution is 2.31. The summed E-state index contributed by atoms with van der Waals surface area (Å²) in [7, 11) is 0. The lowest BCUT2D eigenvalue weighted by molar-refractivity contribution is 0.122. The van der Waals surface area contributed by atoms with Gasteiger partial charge in [0, 0.05) is 35.6 Å². The van der Waals surface area contributed by atoms with Gasteiger partial charge in [-0.3, -0.25) is 5.10 Å². The molecule has 3 heterocycles. The Hall–Kier alpha value is -3.37. The average Bonchev–Trinajstić information content (AvgIpc) is 3.23. The Morgan fingerprint density at radius 1 is 1.18 bits per heavy atom. The lowest BCUT2D eigenvalue weighted by atomic mass is 10.0. The number of nitrogens with one attached hydrogen (secondary N) is 1. The molecule has 2 aromatic heterocycles. The summed E-state index contributed by atoms with van der Waals surface area (Å²) in [4.78, 5) is 6.75. The van der Waals surface area contributed by atoms with Crippen LogP contribution in [0.25, 0.3) is 22.5 Å². The molecular weight excluding hydrogens is 352 g/mol. The van der Waals surface area contributed by atoms with Gasteiger partial charge in [-0.1, -0.05) is 19.1 Å². The van der Waals surface area contributed by atoms with E-state index in [1.807, 2.05) is 31.2 Å². The normalized spacial score (nSPS) is 14.1. The lowest BCUT2D eigenvalue weighted by Gasteiger charge is -2.28. The second-order valence-corrected chi connectivity index (χ2v) is 6.71. The van der Waals surface area contributed by atoms with Crippen molar-refractivity contribution in [2.75, 3.05) is 36.9 Å². The first-order chi connectivity index (χ1) is 13.7. The van der Waals surface area contributed by atoms with Gasteiger partial charge in [0.15, 0.2) is 0 Å². The number of benzene rings is 1. The topological polar surface area (TPSA) is 104 Å². The first kappa shape index (κ1) is 18.0. The highest BCUT2D eigenvalue weighted by atomic mass is 16.5. The maximum atomic E-state index is 9.54. The van der Waals surface area contributed by atoms with Crippen molar-refractivity contribution >= 4 is 11.5 Å². The van der Waals surface area contributed by atoms with Gasteiger partial charge in [0.05, 0.1) is 24.6 Å². The van der Waals surface area contributed by atoms with Crippen LogP contribution < -0.4 is 10.6 Å². The molecule has 0 spiro atoms. The molecule has 1 fully saturated rings. The van der Waals surface area contributed by atoms with Crippen molar-refractivity contribution in [2.45, 2.75) is 13.3 Å². The molecule has 1 aliphatic rings. The maximum absolute atomic E-state index is 9.54. The summed E-state index contributed by atoms with van der Waals surface area (Å²) in [6.07, 6.45) is 0.839. The van der Waals surface area contributed by atoms with Gasteiger partial charge in [0.1, 0.15) is 17.5 Å². The summed E-state index contributed by atoms with van der Waals surface area (Å²) < 4.78 is 5.41. The first-order valence-electron chi connectivity index (χ1n) is 9.38. The highest BCUT2D eigenvalue weighted by molar-refractivity contribution is 5.79. The number of H-pyrrole nitrogens is 1. The number of nitrogens with two attached hydrogens (primary N) is 1. The fourth-order valence-electron chi connectivity index (χ4n) is 3.38. The second kappa shape index (κ2) is 7.71. The fraction of sp³-hybridized carbons (Fsp3) is 0.286. The number of ether oxygens (including phenoxy) is 1. The number of rotatable bonds is 4. The minimum atomic E-state index is 0.216. The van der Waals surface area contributed by atoms with Gasteiger partial charge in [-0.25, -0.2) is 4.98 Å². The van der Waals surface area contributed by atoms with Crippen LogP contribution >= 0.6 is 0 Å². The summed E-state index contributed by atoms with van der Waals surface area (Å²) in [5, 5.41) is 16.9. The predicted molar refractivity (Wildman–Crippen MR) is 109 cm³/mol. The number of anilines is 2. The Labute approximate surface area is 163 Å². The lowest BCUT2D eigenvalue weighted by Crippen LogP contribution is -2.36. The van der Waals surface area contributed by atoms with Crippen molar-refractivity contribution in [1.82, 2.24) is 15.2 Å². The average molecular weight is 374 g/mol. The predicted octanol–water partition coefficient (Wildman–Crippen LogP) is 2.99. The van der Waals surface area contributed by atoms with Crippen molar-refractivity contribution < 1.29 is 4.74 Å². The SMILES string of the molecule is CCc1cc(-c2cc(-c3ccc(N4CCOCC4)cc3)nc(N)c2C#N)n[nH]1. The van der Waals surface area contributed by atoms with Crippen LogP contribution in [0, 0.1) is 11.3 Å². The molecule has 0 unspecified atom stereocenters.